The Labute approximate surface area is 156 Å². The van der Waals surface area contributed by atoms with Crippen LogP contribution in [0.3, 0.4) is 0 Å². The van der Waals surface area contributed by atoms with Crippen molar-refractivity contribution >= 4 is 41.3 Å². The maximum atomic E-state index is 12.0. The molecule has 0 aliphatic carbocycles. The Morgan fingerprint density at radius 2 is 2.00 bits per heavy atom. The molecule has 0 fully saturated rings. The third kappa shape index (κ3) is 10.7. The molecule has 0 aliphatic heterocycles. The van der Waals surface area contributed by atoms with Gasteiger partial charge in [-0.2, -0.15) is 13.2 Å². The van der Waals surface area contributed by atoms with Crippen LogP contribution in [0, 0.1) is 0 Å². The minimum atomic E-state index is -4.07. The molecule has 4 nitrogen and oxygen atoms in total. The first-order valence-corrected chi connectivity index (χ1v) is 8.28. The van der Waals surface area contributed by atoms with Gasteiger partial charge in [0, 0.05) is 30.6 Å². The van der Waals surface area contributed by atoms with E-state index in [-0.39, 0.29) is 30.4 Å². The minimum Gasteiger partial charge on any atom is -0.357 e. The molecule has 1 aromatic rings. The summed E-state index contributed by atoms with van der Waals surface area (Å²) >= 11 is 1.63. The summed E-state index contributed by atoms with van der Waals surface area (Å²) in [6.45, 7) is 5.67. The second-order valence-electron chi connectivity index (χ2n) is 4.77. The summed E-state index contributed by atoms with van der Waals surface area (Å²) in [5.41, 5.74) is 0. The predicted octanol–water partition coefficient (Wildman–Crippen LogP) is 4.11. The van der Waals surface area contributed by atoms with E-state index in [9.17, 15) is 13.2 Å². The van der Waals surface area contributed by atoms with Crippen LogP contribution in [0.1, 0.15) is 43.0 Å². The number of nitrogens with one attached hydrogen (secondary N) is 2. The first-order chi connectivity index (χ1) is 10.4. The van der Waals surface area contributed by atoms with Crippen LogP contribution in [0.5, 0.6) is 0 Å². The van der Waals surface area contributed by atoms with Crippen LogP contribution in [0.25, 0.3) is 0 Å². The molecular formula is C14H24F3IN4S. The van der Waals surface area contributed by atoms with Gasteiger partial charge in [-0.25, -0.2) is 9.98 Å². The van der Waals surface area contributed by atoms with E-state index in [2.05, 4.69) is 27.5 Å². The first-order valence-electron chi connectivity index (χ1n) is 7.47. The van der Waals surface area contributed by atoms with Gasteiger partial charge in [-0.05, 0) is 26.2 Å². The lowest BCUT2D eigenvalue weighted by Crippen LogP contribution is -2.37. The lowest BCUT2D eigenvalue weighted by Gasteiger charge is -2.11. The Morgan fingerprint density at radius 3 is 2.57 bits per heavy atom. The molecule has 0 spiro atoms. The van der Waals surface area contributed by atoms with E-state index in [4.69, 9.17) is 0 Å². The topological polar surface area (TPSA) is 49.3 Å². The monoisotopic (exact) mass is 464 g/mol. The maximum absolute atomic E-state index is 12.0. The summed E-state index contributed by atoms with van der Waals surface area (Å²) in [5, 5.41) is 7.06. The normalized spacial score (nSPS) is 12.0. The number of rotatable bonds is 8. The fourth-order valence-electron chi connectivity index (χ4n) is 1.73. The molecule has 1 aromatic heterocycles. The van der Waals surface area contributed by atoms with Crippen molar-refractivity contribution < 1.29 is 13.2 Å². The summed E-state index contributed by atoms with van der Waals surface area (Å²) in [4.78, 5) is 9.90. The van der Waals surface area contributed by atoms with Gasteiger partial charge in [0.2, 0.25) is 0 Å². The SMILES string of the molecule is CCNC(=NCc1ncc(CC)s1)NCCCCC(F)(F)F.I. The number of alkyl halides is 3. The standard InChI is InChI=1S/C14H23F3N4S.HI/c1-3-11-9-20-12(22-11)10-21-13(18-4-2)19-8-6-5-7-14(15,16)17;/h9H,3-8,10H2,1-2H3,(H2,18,19,21);1H. The van der Waals surface area contributed by atoms with Gasteiger partial charge in [0.1, 0.15) is 5.01 Å². The van der Waals surface area contributed by atoms with Crippen LogP contribution in [0.15, 0.2) is 11.2 Å². The van der Waals surface area contributed by atoms with Crippen molar-refractivity contribution in [2.24, 2.45) is 4.99 Å². The van der Waals surface area contributed by atoms with Crippen LogP contribution in [0.4, 0.5) is 13.2 Å². The Balaban J connectivity index is 0.00000484. The lowest BCUT2D eigenvalue weighted by atomic mass is 10.2. The third-order valence-corrected chi connectivity index (χ3v) is 3.97. The molecule has 23 heavy (non-hydrogen) atoms. The molecule has 0 aliphatic rings. The van der Waals surface area contributed by atoms with Crippen LogP contribution >= 0.6 is 35.3 Å². The second-order valence-corrected chi connectivity index (χ2v) is 5.97. The summed E-state index contributed by atoms with van der Waals surface area (Å²) in [7, 11) is 0. The minimum absolute atomic E-state index is 0. The number of hydrogen-bond donors (Lipinski definition) is 2. The van der Waals surface area contributed by atoms with Gasteiger partial charge in [0.15, 0.2) is 5.96 Å². The number of unbranched alkanes of at least 4 members (excludes halogenated alkanes) is 1. The zero-order valence-corrected chi connectivity index (χ0v) is 16.5. The summed E-state index contributed by atoms with van der Waals surface area (Å²) < 4.78 is 36.1. The highest BCUT2D eigenvalue weighted by Gasteiger charge is 2.25. The fraction of sp³-hybridized carbons (Fsp3) is 0.714. The highest BCUT2D eigenvalue weighted by Crippen LogP contribution is 2.21. The van der Waals surface area contributed by atoms with Crippen LogP contribution in [-0.2, 0) is 13.0 Å². The van der Waals surface area contributed by atoms with Crippen molar-refractivity contribution in [3.63, 3.8) is 0 Å². The highest BCUT2D eigenvalue weighted by molar-refractivity contribution is 14.0. The third-order valence-electron chi connectivity index (χ3n) is 2.85. The van der Waals surface area contributed by atoms with E-state index in [0.29, 0.717) is 32.0 Å². The number of guanidine groups is 1. The predicted molar refractivity (Wildman–Crippen MR) is 99.6 cm³/mol. The van der Waals surface area contributed by atoms with Crippen LogP contribution in [0.2, 0.25) is 0 Å². The molecule has 0 saturated carbocycles. The Morgan fingerprint density at radius 1 is 1.26 bits per heavy atom. The fourth-order valence-corrected chi connectivity index (χ4v) is 2.52. The van der Waals surface area contributed by atoms with E-state index in [0.717, 1.165) is 11.4 Å². The summed E-state index contributed by atoms with van der Waals surface area (Å²) in [6.07, 6.45) is -1.41. The van der Waals surface area contributed by atoms with Gasteiger partial charge < -0.3 is 10.6 Å². The van der Waals surface area contributed by atoms with E-state index >= 15 is 0 Å². The van der Waals surface area contributed by atoms with Crippen LogP contribution in [-0.4, -0.2) is 30.2 Å². The van der Waals surface area contributed by atoms with E-state index in [1.165, 1.54) is 4.88 Å². The molecule has 0 atom stereocenters. The Hall–Kier alpha value is -0.580. The lowest BCUT2D eigenvalue weighted by molar-refractivity contribution is -0.135. The Bertz CT molecular complexity index is 463. The van der Waals surface area contributed by atoms with Crippen LogP contribution < -0.4 is 10.6 Å². The second kappa shape index (κ2) is 11.9. The number of halogens is 4. The molecule has 0 bridgehead atoms. The van der Waals surface area contributed by atoms with Crippen molar-refractivity contribution in [3.05, 3.63) is 16.1 Å². The van der Waals surface area contributed by atoms with Gasteiger partial charge >= 0.3 is 6.18 Å². The maximum Gasteiger partial charge on any atom is 0.389 e. The number of nitrogens with zero attached hydrogens (tertiary/aromatic N) is 2. The largest absolute Gasteiger partial charge is 0.389 e. The molecule has 1 rings (SSSR count). The van der Waals surface area contributed by atoms with E-state index in [1.807, 2.05) is 13.1 Å². The number of aliphatic imine (C=N–C) groups is 1. The summed E-state index contributed by atoms with van der Waals surface area (Å²) in [5.74, 6) is 0.614. The number of hydrogen-bond acceptors (Lipinski definition) is 3. The molecule has 9 heteroatoms. The van der Waals surface area contributed by atoms with Crippen molar-refractivity contribution in [1.29, 1.82) is 0 Å². The average molecular weight is 464 g/mol. The van der Waals surface area contributed by atoms with Crippen molar-refractivity contribution in [3.8, 4) is 0 Å². The van der Waals surface area contributed by atoms with E-state index in [1.54, 1.807) is 11.3 Å². The molecule has 134 valence electrons. The molecule has 2 N–H and O–H groups in total. The molecule has 0 saturated heterocycles. The Kier molecular flexibility index (Phi) is 11.6. The molecule has 0 unspecified atom stereocenters. The number of aromatic nitrogens is 1. The zero-order chi connectivity index (χ0) is 16.4. The van der Waals surface area contributed by atoms with Gasteiger partial charge in [-0.1, -0.05) is 6.92 Å². The van der Waals surface area contributed by atoms with Crippen molar-refractivity contribution in [2.75, 3.05) is 13.1 Å². The molecular weight excluding hydrogens is 440 g/mol. The summed E-state index contributed by atoms with van der Waals surface area (Å²) in [6, 6.07) is 0. The molecule has 0 amide bonds. The van der Waals surface area contributed by atoms with Gasteiger partial charge in [-0.3, -0.25) is 0 Å². The molecule has 1 heterocycles. The van der Waals surface area contributed by atoms with Gasteiger partial charge in [0.25, 0.3) is 0 Å². The quantitative estimate of drug-likeness (QED) is 0.264. The highest BCUT2D eigenvalue weighted by atomic mass is 127. The zero-order valence-electron chi connectivity index (χ0n) is 13.4. The first kappa shape index (κ1) is 22.4. The van der Waals surface area contributed by atoms with E-state index < -0.39 is 12.6 Å². The molecule has 0 radical (unpaired) electrons. The average Bonchev–Trinajstić information content (AvgIpc) is 2.91. The molecule has 0 aromatic carbocycles. The van der Waals surface area contributed by atoms with Crippen molar-refractivity contribution in [1.82, 2.24) is 15.6 Å². The van der Waals surface area contributed by atoms with Gasteiger partial charge in [0.05, 0.1) is 6.54 Å². The number of thiazole rings is 1. The van der Waals surface area contributed by atoms with Gasteiger partial charge in [-0.15, -0.1) is 35.3 Å². The van der Waals surface area contributed by atoms with Crippen molar-refractivity contribution in [2.45, 2.75) is 52.3 Å². The smallest absolute Gasteiger partial charge is 0.357 e. The number of aryl methyl sites for hydroxylation is 1.